The lowest BCUT2D eigenvalue weighted by molar-refractivity contribution is 0.100. The van der Waals surface area contributed by atoms with E-state index in [1.807, 2.05) is 0 Å². The summed E-state index contributed by atoms with van der Waals surface area (Å²) in [4.78, 5) is 11.2. The Balaban J connectivity index is 2.38. The molecular formula is C13H10BrFN2O2. The Hall–Kier alpha value is -2.08. The zero-order chi connectivity index (χ0) is 14.0. The van der Waals surface area contributed by atoms with Crippen LogP contribution in [0.2, 0.25) is 0 Å². The number of carbonyl (C=O) groups is 1. The second kappa shape index (κ2) is 5.27. The van der Waals surface area contributed by atoms with Crippen molar-refractivity contribution in [1.29, 1.82) is 0 Å². The van der Waals surface area contributed by atoms with Crippen LogP contribution in [0.25, 0.3) is 0 Å². The summed E-state index contributed by atoms with van der Waals surface area (Å²) in [6.45, 7) is 0. The molecule has 0 atom stereocenters. The summed E-state index contributed by atoms with van der Waals surface area (Å²) in [5.74, 6) is -0.363. The normalized spacial score (nSPS) is 10.2. The first-order valence-corrected chi connectivity index (χ1v) is 6.09. The maximum atomic E-state index is 13.0. The van der Waals surface area contributed by atoms with E-state index in [0.29, 0.717) is 10.2 Å². The highest BCUT2D eigenvalue weighted by Crippen LogP contribution is 2.34. The maximum Gasteiger partial charge on any atom is 0.250 e. The van der Waals surface area contributed by atoms with Gasteiger partial charge in [0.1, 0.15) is 11.6 Å². The van der Waals surface area contributed by atoms with Crippen molar-refractivity contribution in [2.45, 2.75) is 0 Å². The van der Waals surface area contributed by atoms with Crippen LogP contribution in [0.4, 0.5) is 10.1 Å². The lowest BCUT2D eigenvalue weighted by Gasteiger charge is -2.11. The molecule has 0 bridgehead atoms. The molecule has 6 heteroatoms. The fourth-order valence-electron chi connectivity index (χ4n) is 1.52. The predicted octanol–water partition coefficient (Wildman–Crippen LogP) is 3.06. The Morgan fingerprint density at radius 2 is 1.95 bits per heavy atom. The largest absolute Gasteiger partial charge is 0.454 e. The molecule has 2 rings (SSSR count). The summed E-state index contributed by atoms with van der Waals surface area (Å²) in [6.07, 6.45) is 0. The Kier molecular flexibility index (Phi) is 3.71. The molecule has 0 saturated carbocycles. The molecule has 0 unspecified atom stereocenters. The summed E-state index contributed by atoms with van der Waals surface area (Å²) in [5.41, 5.74) is 11.3. The van der Waals surface area contributed by atoms with Crippen molar-refractivity contribution >= 4 is 27.5 Å². The fraction of sp³-hybridized carbons (Fsp3) is 0. The molecule has 0 aliphatic carbocycles. The third-order valence-corrected chi connectivity index (χ3v) is 3.07. The molecule has 1 amide bonds. The van der Waals surface area contributed by atoms with Gasteiger partial charge in [0.05, 0.1) is 15.7 Å². The van der Waals surface area contributed by atoms with Crippen LogP contribution in [0.15, 0.2) is 40.9 Å². The van der Waals surface area contributed by atoms with Crippen LogP contribution in [-0.4, -0.2) is 5.91 Å². The molecule has 98 valence electrons. The van der Waals surface area contributed by atoms with E-state index in [-0.39, 0.29) is 17.0 Å². The van der Waals surface area contributed by atoms with Gasteiger partial charge in [0, 0.05) is 0 Å². The summed E-state index contributed by atoms with van der Waals surface area (Å²) in [7, 11) is 0. The van der Waals surface area contributed by atoms with Crippen molar-refractivity contribution in [2.75, 3.05) is 5.73 Å². The first kappa shape index (κ1) is 13.4. The standard InChI is InChI=1S/C13H10BrFN2O2/c14-9-6-7(15)4-5-10(9)19-11-3-1-2-8(12(11)16)13(17)18/h1-6H,16H2,(H2,17,18). The zero-order valence-corrected chi connectivity index (χ0v) is 11.3. The molecule has 0 heterocycles. The lowest BCUT2D eigenvalue weighted by Crippen LogP contribution is -2.13. The van der Waals surface area contributed by atoms with Crippen molar-refractivity contribution in [1.82, 2.24) is 0 Å². The number of ether oxygens (including phenoxy) is 1. The third-order valence-electron chi connectivity index (χ3n) is 2.45. The molecule has 0 spiro atoms. The molecular weight excluding hydrogens is 315 g/mol. The molecule has 0 aromatic heterocycles. The van der Waals surface area contributed by atoms with Crippen molar-refractivity contribution < 1.29 is 13.9 Å². The molecule has 0 aliphatic heterocycles. The Bertz CT molecular complexity index is 647. The highest BCUT2D eigenvalue weighted by atomic mass is 79.9. The number of nitrogen functional groups attached to an aromatic ring is 1. The first-order valence-electron chi connectivity index (χ1n) is 5.30. The number of nitrogens with two attached hydrogens (primary N) is 2. The van der Waals surface area contributed by atoms with Gasteiger partial charge in [0.2, 0.25) is 0 Å². The van der Waals surface area contributed by atoms with Crippen LogP contribution >= 0.6 is 15.9 Å². The van der Waals surface area contributed by atoms with E-state index in [2.05, 4.69) is 15.9 Å². The minimum atomic E-state index is -0.638. The van der Waals surface area contributed by atoms with Gasteiger partial charge in [-0.05, 0) is 46.3 Å². The van der Waals surface area contributed by atoms with Gasteiger partial charge in [-0.2, -0.15) is 0 Å². The van der Waals surface area contributed by atoms with Crippen LogP contribution in [0.5, 0.6) is 11.5 Å². The summed E-state index contributed by atoms with van der Waals surface area (Å²) < 4.78 is 18.9. The molecule has 0 aliphatic rings. The van der Waals surface area contributed by atoms with Gasteiger partial charge in [0.15, 0.2) is 5.75 Å². The van der Waals surface area contributed by atoms with Gasteiger partial charge in [-0.15, -0.1) is 0 Å². The van der Waals surface area contributed by atoms with E-state index >= 15 is 0 Å². The summed E-state index contributed by atoms with van der Waals surface area (Å²) >= 11 is 3.18. The molecule has 0 saturated heterocycles. The van der Waals surface area contributed by atoms with Crippen LogP contribution in [0.3, 0.4) is 0 Å². The van der Waals surface area contributed by atoms with Crippen molar-refractivity contribution in [3.8, 4) is 11.5 Å². The Labute approximate surface area is 117 Å². The van der Waals surface area contributed by atoms with Crippen LogP contribution in [-0.2, 0) is 0 Å². The number of carbonyl (C=O) groups excluding carboxylic acids is 1. The molecule has 2 aromatic carbocycles. The van der Waals surface area contributed by atoms with Gasteiger partial charge in [-0.1, -0.05) is 6.07 Å². The second-order valence-electron chi connectivity index (χ2n) is 3.76. The number of hydrogen-bond acceptors (Lipinski definition) is 3. The zero-order valence-electron chi connectivity index (χ0n) is 9.69. The fourth-order valence-corrected chi connectivity index (χ4v) is 1.96. The highest BCUT2D eigenvalue weighted by molar-refractivity contribution is 9.10. The average Bonchev–Trinajstić information content (AvgIpc) is 2.34. The van der Waals surface area contributed by atoms with Crippen LogP contribution in [0, 0.1) is 5.82 Å². The Morgan fingerprint density at radius 3 is 2.58 bits per heavy atom. The predicted molar refractivity (Wildman–Crippen MR) is 73.5 cm³/mol. The van der Waals surface area contributed by atoms with E-state index in [1.54, 1.807) is 12.1 Å². The van der Waals surface area contributed by atoms with E-state index in [9.17, 15) is 9.18 Å². The van der Waals surface area contributed by atoms with E-state index in [1.165, 1.54) is 24.3 Å². The molecule has 0 radical (unpaired) electrons. The van der Waals surface area contributed by atoms with E-state index in [0.717, 1.165) is 0 Å². The number of halogens is 2. The molecule has 4 N–H and O–H groups in total. The number of rotatable bonds is 3. The second-order valence-corrected chi connectivity index (χ2v) is 4.61. The highest BCUT2D eigenvalue weighted by Gasteiger charge is 2.12. The topological polar surface area (TPSA) is 78.3 Å². The monoisotopic (exact) mass is 324 g/mol. The number of anilines is 1. The molecule has 19 heavy (non-hydrogen) atoms. The number of para-hydroxylation sites is 1. The number of benzene rings is 2. The minimum absolute atomic E-state index is 0.145. The average molecular weight is 325 g/mol. The van der Waals surface area contributed by atoms with E-state index < -0.39 is 11.7 Å². The number of hydrogen-bond donors (Lipinski definition) is 2. The first-order chi connectivity index (χ1) is 8.99. The Morgan fingerprint density at radius 1 is 1.21 bits per heavy atom. The van der Waals surface area contributed by atoms with Crippen molar-refractivity contribution in [2.24, 2.45) is 5.73 Å². The van der Waals surface area contributed by atoms with Crippen molar-refractivity contribution in [3.05, 3.63) is 52.3 Å². The minimum Gasteiger partial charge on any atom is -0.454 e. The molecule has 4 nitrogen and oxygen atoms in total. The quantitative estimate of drug-likeness (QED) is 0.851. The summed E-state index contributed by atoms with van der Waals surface area (Å²) in [6, 6.07) is 8.68. The lowest BCUT2D eigenvalue weighted by atomic mass is 10.1. The third kappa shape index (κ3) is 2.85. The van der Waals surface area contributed by atoms with Crippen LogP contribution < -0.4 is 16.2 Å². The van der Waals surface area contributed by atoms with E-state index in [4.69, 9.17) is 16.2 Å². The smallest absolute Gasteiger partial charge is 0.250 e. The van der Waals surface area contributed by atoms with Gasteiger partial charge >= 0.3 is 0 Å². The summed E-state index contributed by atoms with van der Waals surface area (Å²) in [5, 5.41) is 0. The SMILES string of the molecule is NC(=O)c1cccc(Oc2ccc(F)cc2Br)c1N. The number of primary amides is 1. The van der Waals surface area contributed by atoms with Gasteiger partial charge in [0.25, 0.3) is 5.91 Å². The van der Waals surface area contributed by atoms with Gasteiger partial charge < -0.3 is 16.2 Å². The maximum absolute atomic E-state index is 13.0. The van der Waals surface area contributed by atoms with Crippen molar-refractivity contribution in [3.63, 3.8) is 0 Å². The molecule has 0 fully saturated rings. The number of amides is 1. The van der Waals surface area contributed by atoms with Gasteiger partial charge in [-0.3, -0.25) is 4.79 Å². The van der Waals surface area contributed by atoms with Gasteiger partial charge in [-0.25, -0.2) is 4.39 Å². The molecule has 2 aromatic rings. The van der Waals surface area contributed by atoms with Crippen LogP contribution in [0.1, 0.15) is 10.4 Å².